The highest BCUT2D eigenvalue weighted by atomic mass is 19.1. The Bertz CT molecular complexity index is 1420. The maximum absolute atomic E-state index is 14.7. The zero-order valence-corrected chi connectivity index (χ0v) is 17.5. The van der Waals surface area contributed by atoms with Crippen LogP contribution in [0.15, 0.2) is 16.9 Å². The molecule has 1 N–H and O–H groups in total. The van der Waals surface area contributed by atoms with Crippen molar-refractivity contribution in [2.45, 2.75) is 58.3 Å². The molecule has 0 radical (unpaired) electrons. The fraction of sp³-hybridized carbons (Fsp3) is 0.375. The molecule has 1 aliphatic carbocycles. The topological polar surface area (TPSA) is 81.4 Å². The van der Waals surface area contributed by atoms with Gasteiger partial charge in [-0.05, 0) is 55.4 Å². The van der Waals surface area contributed by atoms with Crippen LogP contribution in [0, 0.1) is 12.7 Å². The number of rotatable bonds is 0. The van der Waals surface area contributed by atoms with E-state index < -0.39 is 11.6 Å². The number of esters is 1. The van der Waals surface area contributed by atoms with Crippen molar-refractivity contribution in [3.8, 4) is 11.4 Å². The molecule has 158 valence electrons. The molecule has 0 fully saturated rings. The summed E-state index contributed by atoms with van der Waals surface area (Å²) in [7, 11) is 0. The zero-order chi connectivity index (χ0) is 21.8. The standard InChI is InChI=1S/C24H21FN2O4/c1-10-4-5-12-11(2)16(25)7-17-20(12)19(10)13-8-27-18(21(13)26-17)6-15-14(22(27)28)9-31-23(29)24(15,3)30/h6-7,10,30H,4-5,8-9H2,1-3H3/t10-,24-/m1/s1. The molecule has 6 nitrogen and oxygen atoms in total. The molecule has 0 amide bonds. The summed E-state index contributed by atoms with van der Waals surface area (Å²) in [5, 5.41) is 11.7. The Labute approximate surface area is 177 Å². The average molecular weight is 420 g/mol. The number of pyridine rings is 2. The molecule has 2 aliphatic heterocycles. The third-order valence-corrected chi connectivity index (χ3v) is 7.29. The molecule has 4 heterocycles. The summed E-state index contributed by atoms with van der Waals surface area (Å²) in [6.45, 7) is 5.51. The molecule has 3 aliphatic rings. The van der Waals surface area contributed by atoms with Gasteiger partial charge in [-0.2, -0.15) is 0 Å². The maximum atomic E-state index is 14.7. The third kappa shape index (κ3) is 2.22. The lowest BCUT2D eigenvalue weighted by molar-refractivity contribution is -0.169. The van der Waals surface area contributed by atoms with Gasteiger partial charge in [0.05, 0.1) is 29.0 Å². The molecule has 0 spiro atoms. The second-order valence-electron chi connectivity index (χ2n) is 9.11. The van der Waals surface area contributed by atoms with Crippen LogP contribution >= 0.6 is 0 Å². The largest absolute Gasteiger partial charge is 0.458 e. The molecule has 6 rings (SSSR count). The van der Waals surface area contributed by atoms with E-state index in [-0.39, 0.29) is 35.0 Å². The Morgan fingerprint density at radius 2 is 2.03 bits per heavy atom. The highest BCUT2D eigenvalue weighted by molar-refractivity contribution is 5.93. The Morgan fingerprint density at radius 1 is 1.26 bits per heavy atom. The molecular weight excluding hydrogens is 399 g/mol. The summed E-state index contributed by atoms with van der Waals surface area (Å²) in [6.07, 6.45) is 1.71. The highest BCUT2D eigenvalue weighted by Crippen LogP contribution is 2.46. The molecular formula is C24H21FN2O4. The lowest BCUT2D eigenvalue weighted by atomic mass is 9.79. The van der Waals surface area contributed by atoms with Crippen molar-refractivity contribution in [2.75, 3.05) is 0 Å². The van der Waals surface area contributed by atoms with E-state index in [2.05, 4.69) is 6.92 Å². The van der Waals surface area contributed by atoms with Crippen molar-refractivity contribution in [1.29, 1.82) is 0 Å². The molecule has 0 bridgehead atoms. The minimum atomic E-state index is -1.90. The van der Waals surface area contributed by atoms with Crippen molar-refractivity contribution in [2.24, 2.45) is 0 Å². The van der Waals surface area contributed by atoms with Gasteiger partial charge in [0.25, 0.3) is 5.56 Å². The number of hydrogen-bond donors (Lipinski definition) is 1. The first-order chi connectivity index (χ1) is 14.7. The number of aryl methyl sites for hydroxylation is 1. The van der Waals surface area contributed by atoms with Gasteiger partial charge >= 0.3 is 5.97 Å². The number of hydrogen-bond acceptors (Lipinski definition) is 5. The fourth-order valence-electron chi connectivity index (χ4n) is 5.54. The number of fused-ring (bicyclic) bond motifs is 5. The van der Waals surface area contributed by atoms with Gasteiger partial charge in [0, 0.05) is 22.6 Å². The van der Waals surface area contributed by atoms with E-state index in [4.69, 9.17) is 9.72 Å². The van der Waals surface area contributed by atoms with Crippen molar-refractivity contribution in [1.82, 2.24) is 9.55 Å². The highest BCUT2D eigenvalue weighted by Gasteiger charge is 2.43. The smallest absolute Gasteiger partial charge is 0.342 e. The number of cyclic esters (lactones) is 1. The van der Waals surface area contributed by atoms with E-state index in [0.717, 1.165) is 34.9 Å². The number of aromatic nitrogens is 2. The maximum Gasteiger partial charge on any atom is 0.342 e. The SMILES string of the molecule is Cc1c(F)cc2nc3c(c4c2c1CC[C@H]4C)Cn1c-3cc2c(c1=O)COC(=O)[C@]2(C)O. The van der Waals surface area contributed by atoms with E-state index in [1.54, 1.807) is 10.6 Å². The van der Waals surface area contributed by atoms with Gasteiger partial charge < -0.3 is 14.4 Å². The minimum absolute atomic E-state index is 0.160. The van der Waals surface area contributed by atoms with E-state index in [9.17, 15) is 19.1 Å². The number of benzene rings is 1. The van der Waals surface area contributed by atoms with Gasteiger partial charge in [0.1, 0.15) is 12.4 Å². The van der Waals surface area contributed by atoms with Crippen molar-refractivity contribution in [3.63, 3.8) is 0 Å². The Kier molecular flexibility index (Phi) is 3.49. The summed E-state index contributed by atoms with van der Waals surface area (Å²) in [6, 6.07) is 3.15. The molecule has 2 atom stereocenters. The number of carbonyl (C=O) groups is 1. The first-order valence-electron chi connectivity index (χ1n) is 10.5. The Balaban J connectivity index is 1.71. The summed E-state index contributed by atoms with van der Waals surface area (Å²) < 4.78 is 21.3. The molecule has 7 heteroatoms. The van der Waals surface area contributed by atoms with E-state index >= 15 is 0 Å². The molecule has 3 aromatic rings. The number of aliphatic hydroxyl groups is 1. The normalized spacial score (nSPS) is 23.4. The van der Waals surface area contributed by atoms with Crippen LogP contribution in [0.2, 0.25) is 0 Å². The predicted octanol–water partition coefficient (Wildman–Crippen LogP) is 3.19. The number of nitrogens with zero attached hydrogens (tertiary/aromatic N) is 2. The van der Waals surface area contributed by atoms with Crippen LogP contribution in [-0.4, -0.2) is 20.6 Å². The van der Waals surface area contributed by atoms with Gasteiger partial charge in [0.2, 0.25) is 0 Å². The average Bonchev–Trinajstić information content (AvgIpc) is 3.09. The first-order valence-corrected chi connectivity index (χ1v) is 10.5. The molecule has 31 heavy (non-hydrogen) atoms. The van der Waals surface area contributed by atoms with Crippen LogP contribution in [0.1, 0.15) is 59.6 Å². The van der Waals surface area contributed by atoms with Crippen molar-refractivity contribution < 1.29 is 19.0 Å². The summed E-state index contributed by atoms with van der Waals surface area (Å²) in [4.78, 5) is 30.2. The number of halogens is 1. The van der Waals surface area contributed by atoms with E-state index in [1.807, 2.05) is 6.92 Å². The van der Waals surface area contributed by atoms with Crippen LogP contribution in [0.25, 0.3) is 22.3 Å². The van der Waals surface area contributed by atoms with Gasteiger partial charge in [-0.15, -0.1) is 0 Å². The van der Waals surface area contributed by atoms with Crippen LogP contribution in [0.5, 0.6) is 0 Å². The lowest BCUT2D eigenvalue weighted by Crippen LogP contribution is -2.42. The van der Waals surface area contributed by atoms with Crippen LogP contribution in [-0.2, 0) is 34.7 Å². The summed E-state index contributed by atoms with van der Waals surface area (Å²) >= 11 is 0. The van der Waals surface area contributed by atoms with E-state index in [0.29, 0.717) is 29.0 Å². The molecule has 1 aromatic carbocycles. The monoisotopic (exact) mass is 420 g/mol. The van der Waals surface area contributed by atoms with Crippen LogP contribution in [0.4, 0.5) is 4.39 Å². The number of carbonyl (C=O) groups excluding carboxylic acids is 1. The quantitative estimate of drug-likeness (QED) is 0.442. The second-order valence-corrected chi connectivity index (χ2v) is 9.11. The van der Waals surface area contributed by atoms with Gasteiger partial charge in [-0.25, -0.2) is 14.2 Å². The summed E-state index contributed by atoms with van der Waals surface area (Å²) in [5.41, 5.74) is 3.88. The second kappa shape index (κ2) is 5.79. The predicted molar refractivity (Wildman–Crippen MR) is 111 cm³/mol. The first kappa shape index (κ1) is 18.7. The Morgan fingerprint density at radius 3 is 2.81 bits per heavy atom. The van der Waals surface area contributed by atoms with E-state index in [1.165, 1.54) is 13.0 Å². The minimum Gasteiger partial charge on any atom is -0.458 e. The third-order valence-electron chi connectivity index (χ3n) is 7.29. The van der Waals surface area contributed by atoms with Crippen LogP contribution < -0.4 is 5.56 Å². The fourth-order valence-corrected chi connectivity index (χ4v) is 5.54. The Hall–Kier alpha value is -3.06. The van der Waals surface area contributed by atoms with Gasteiger partial charge in [-0.1, -0.05) is 6.92 Å². The lowest BCUT2D eigenvalue weighted by Gasteiger charge is -2.29. The zero-order valence-electron chi connectivity index (χ0n) is 17.5. The van der Waals surface area contributed by atoms with Crippen molar-refractivity contribution >= 4 is 16.9 Å². The molecule has 0 saturated carbocycles. The molecule has 0 saturated heterocycles. The number of ether oxygens (including phenoxy) is 1. The van der Waals surface area contributed by atoms with Crippen molar-refractivity contribution in [3.05, 3.63) is 61.7 Å². The molecule has 0 unspecified atom stereocenters. The van der Waals surface area contributed by atoms with Gasteiger partial charge in [-0.3, -0.25) is 4.79 Å². The molecule has 2 aromatic heterocycles. The van der Waals surface area contributed by atoms with Crippen LogP contribution in [0.3, 0.4) is 0 Å². The van der Waals surface area contributed by atoms with Gasteiger partial charge in [0.15, 0.2) is 5.60 Å². The summed E-state index contributed by atoms with van der Waals surface area (Å²) in [5.74, 6) is -0.800.